The van der Waals surface area contributed by atoms with Crippen LogP contribution in [0.4, 0.5) is 0 Å². The highest BCUT2D eigenvalue weighted by atomic mass is 32.1. The molecule has 0 fully saturated rings. The van der Waals surface area contributed by atoms with E-state index in [1.165, 1.54) is 4.68 Å². The molecular weight excluding hydrogens is 164 g/mol. The molecular formula is C5H10N4OS. The van der Waals surface area contributed by atoms with Gasteiger partial charge in [-0.15, -0.1) is 17.7 Å². The van der Waals surface area contributed by atoms with Gasteiger partial charge in [-0.05, 0) is 24.3 Å². The molecule has 5 nitrogen and oxygen atoms in total. The number of thiol groups is 1. The minimum atomic E-state index is -0.482. The van der Waals surface area contributed by atoms with Crippen LogP contribution in [0.2, 0.25) is 0 Å². The summed E-state index contributed by atoms with van der Waals surface area (Å²) < 4.78 is 1.47. The maximum Gasteiger partial charge on any atom is 0.206 e. The van der Waals surface area contributed by atoms with Gasteiger partial charge in [-0.25, -0.2) is 4.68 Å². The van der Waals surface area contributed by atoms with E-state index in [2.05, 4.69) is 28.2 Å². The van der Waals surface area contributed by atoms with Crippen LogP contribution < -0.4 is 0 Å². The van der Waals surface area contributed by atoms with Crippen molar-refractivity contribution in [2.75, 3.05) is 0 Å². The molecule has 0 bridgehead atoms. The van der Waals surface area contributed by atoms with E-state index in [0.717, 1.165) is 0 Å². The first kappa shape index (κ1) is 8.48. The summed E-state index contributed by atoms with van der Waals surface area (Å²) in [7, 11) is 0. The van der Waals surface area contributed by atoms with Crippen molar-refractivity contribution in [1.82, 2.24) is 20.2 Å². The Morgan fingerprint density at radius 3 is 2.55 bits per heavy atom. The topological polar surface area (TPSA) is 63.8 Å². The number of nitrogens with zero attached hydrogens (tertiary/aromatic N) is 4. The maximum atomic E-state index is 9.17. The summed E-state index contributed by atoms with van der Waals surface area (Å²) in [6.45, 7) is 3.50. The van der Waals surface area contributed by atoms with E-state index >= 15 is 0 Å². The quantitative estimate of drug-likeness (QED) is 0.615. The Morgan fingerprint density at radius 2 is 2.18 bits per heavy atom. The average Bonchev–Trinajstić information content (AvgIpc) is 2.33. The molecule has 0 aliphatic carbocycles. The lowest BCUT2D eigenvalue weighted by Crippen LogP contribution is -2.19. The Kier molecular flexibility index (Phi) is 2.45. The van der Waals surface area contributed by atoms with Crippen LogP contribution in [-0.4, -0.2) is 31.4 Å². The molecule has 0 amide bonds. The standard InChI is InChI=1S/C5H10N4OS/c1-3(4(2)10)9-5(11)6-7-8-9/h3-4,10H,1-2H3,(H,6,8,11)/t3-,4+/m0/s1. The summed E-state index contributed by atoms with van der Waals surface area (Å²) >= 11 is 4.00. The third-order valence-corrected chi connectivity index (χ3v) is 1.85. The molecule has 0 saturated heterocycles. The molecule has 1 heterocycles. The van der Waals surface area contributed by atoms with Gasteiger partial charge < -0.3 is 5.11 Å². The van der Waals surface area contributed by atoms with Crippen molar-refractivity contribution in [2.24, 2.45) is 0 Å². The van der Waals surface area contributed by atoms with Gasteiger partial charge in [0.25, 0.3) is 0 Å². The highest BCUT2D eigenvalue weighted by molar-refractivity contribution is 7.80. The number of aromatic nitrogens is 4. The molecule has 0 aromatic carbocycles. The predicted octanol–water partition coefficient (Wildman–Crippen LogP) is -0.0964. The Balaban J connectivity index is 2.84. The SMILES string of the molecule is C[C@@H](O)[C@H](C)n1nnnc1S. The zero-order valence-corrected chi connectivity index (χ0v) is 7.23. The van der Waals surface area contributed by atoms with Crippen molar-refractivity contribution >= 4 is 12.6 Å². The number of hydrogen-bond donors (Lipinski definition) is 2. The second kappa shape index (κ2) is 3.19. The van der Waals surface area contributed by atoms with E-state index in [-0.39, 0.29) is 6.04 Å². The van der Waals surface area contributed by atoms with Gasteiger partial charge in [0.2, 0.25) is 5.16 Å². The van der Waals surface area contributed by atoms with Crippen LogP contribution in [0.3, 0.4) is 0 Å². The lowest BCUT2D eigenvalue weighted by molar-refractivity contribution is 0.126. The number of aliphatic hydroxyl groups is 1. The fourth-order valence-corrected chi connectivity index (χ4v) is 0.919. The van der Waals surface area contributed by atoms with Gasteiger partial charge in [-0.2, -0.15) is 0 Å². The molecule has 0 saturated carbocycles. The Labute approximate surface area is 69.8 Å². The summed E-state index contributed by atoms with van der Waals surface area (Å²) in [5.74, 6) is 0. The van der Waals surface area contributed by atoms with Crippen molar-refractivity contribution in [1.29, 1.82) is 0 Å². The second-order valence-corrected chi connectivity index (χ2v) is 2.80. The van der Waals surface area contributed by atoms with Gasteiger partial charge in [0.05, 0.1) is 12.1 Å². The summed E-state index contributed by atoms with van der Waals surface area (Å²) in [6, 6.07) is -0.141. The zero-order chi connectivity index (χ0) is 8.43. The van der Waals surface area contributed by atoms with Crippen molar-refractivity contribution in [3.63, 3.8) is 0 Å². The van der Waals surface area contributed by atoms with E-state index in [0.29, 0.717) is 5.16 Å². The minimum absolute atomic E-state index is 0.141. The fraction of sp³-hybridized carbons (Fsp3) is 0.800. The zero-order valence-electron chi connectivity index (χ0n) is 6.34. The van der Waals surface area contributed by atoms with E-state index in [9.17, 15) is 0 Å². The van der Waals surface area contributed by atoms with Crippen LogP contribution in [0.15, 0.2) is 5.16 Å². The van der Waals surface area contributed by atoms with Crippen LogP contribution in [-0.2, 0) is 0 Å². The predicted molar refractivity (Wildman–Crippen MR) is 41.5 cm³/mol. The summed E-state index contributed by atoms with van der Waals surface area (Å²) in [6.07, 6.45) is -0.482. The molecule has 0 aliphatic rings. The van der Waals surface area contributed by atoms with Crippen LogP contribution in [0.25, 0.3) is 0 Å². The molecule has 0 unspecified atom stereocenters. The molecule has 0 aliphatic heterocycles. The van der Waals surface area contributed by atoms with Crippen molar-refractivity contribution in [3.8, 4) is 0 Å². The first-order valence-corrected chi connectivity index (χ1v) is 3.72. The van der Waals surface area contributed by atoms with E-state index in [1.807, 2.05) is 6.92 Å². The van der Waals surface area contributed by atoms with Crippen LogP contribution in [0.5, 0.6) is 0 Å². The normalized spacial score (nSPS) is 16.4. The highest BCUT2D eigenvalue weighted by Crippen LogP contribution is 2.11. The second-order valence-electron chi connectivity index (χ2n) is 2.40. The van der Waals surface area contributed by atoms with Gasteiger partial charge in [0, 0.05) is 0 Å². The Bertz CT molecular complexity index is 236. The minimum Gasteiger partial charge on any atom is -0.391 e. The van der Waals surface area contributed by atoms with Gasteiger partial charge in [-0.3, -0.25) is 0 Å². The lowest BCUT2D eigenvalue weighted by atomic mass is 10.2. The molecule has 1 rings (SSSR count). The molecule has 1 aromatic rings. The average molecular weight is 174 g/mol. The summed E-state index contributed by atoms with van der Waals surface area (Å²) in [5.41, 5.74) is 0. The third kappa shape index (κ3) is 1.69. The van der Waals surface area contributed by atoms with Gasteiger partial charge >= 0.3 is 0 Å². The molecule has 1 aromatic heterocycles. The van der Waals surface area contributed by atoms with Crippen LogP contribution >= 0.6 is 12.6 Å². The third-order valence-electron chi connectivity index (χ3n) is 1.56. The van der Waals surface area contributed by atoms with Gasteiger partial charge in [0.15, 0.2) is 0 Å². The number of tetrazole rings is 1. The lowest BCUT2D eigenvalue weighted by Gasteiger charge is -2.13. The molecule has 0 radical (unpaired) electrons. The van der Waals surface area contributed by atoms with E-state index < -0.39 is 6.10 Å². The molecule has 1 N–H and O–H groups in total. The van der Waals surface area contributed by atoms with Crippen molar-refractivity contribution in [3.05, 3.63) is 0 Å². The number of hydrogen-bond acceptors (Lipinski definition) is 5. The molecule has 62 valence electrons. The van der Waals surface area contributed by atoms with Crippen molar-refractivity contribution in [2.45, 2.75) is 31.1 Å². The summed E-state index contributed by atoms with van der Waals surface area (Å²) in [5, 5.41) is 20.2. The fourth-order valence-electron chi connectivity index (χ4n) is 0.657. The highest BCUT2D eigenvalue weighted by Gasteiger charge is 2.14. The van der Waals surface area contributed by atoms with E-state index in [4.69, 9.17) is 5.11 Å². The molecule has 0 spiro atoms. The van der Waals surface area contributed by atoms with Crippen molar-refractivity contribution < 1.29 is 5.11 Å². The van der Waals surface area contributed by atoms with E-state index in [1.54, 1.807) is 6.92 Å². The van der Waals surface area contributed by atoms with Gasteiger partial charge in [-0.1, -0.05) is 0 Å². The smallest absolute Gasteiger partial charge is 0.206 e. The largest absolute Gasteiger partial charge is 0.391 e. The maximum absolute atomic E-state index is 9.17. The van der Waals surface area contributed by atoms with Gasteiger partial charge in [0.1, 0.15) is 0 Å². The Morgan fingerprint density at radius 1 is 1.55 bits per heavy atom. The first-order valence-electron chi connectivity index (χ1n) is 3.28. The first-order chi connectivity index (χ1) is 5.13. The number of aliphatic hydroxyl groups excluding tert-OH is 1. The Hall–Kier alpha value is -0.620. The molecule has 11 heavy (non-hydrogen) atoms. The number of rotatable bonds is 2. The van der Waals surface area contributed by atoms with Crippen LogP contribution in [0.1, 0.15) is 19.9 Å². The molecule has 2 atom stereocenters. The monoisotopic (exact) mass is 174 g/mol. The van der Waals surface area contributed by atoms with Crippen LogP contribution in [0, 0.1) is 0 Å². The summed E-state index contributed by atoms with van der Waals surface area (Å²) in [4.78, 5) is 0. The molecule has 6 heteroatoms.